The van der Waals surface area contributed by atoms with Crippen LogP contribution in [0.2, 0.25) is 0 Å². The number of oxime groups is 1. The van der Waals surface area contributed by atoms with E-state index in [4.69, 9.17) is 9.57 Å². The Morgan fingerprint density at radius 3 is 2.49 bits per heavy atom. The van der Waals surface area contributed by atoms with Crippen LogP contribution >= 0.6 is 0 Å². The summed E-state index contributed by atoms with van der Waals surface area (Å²) in [7, 11) is 1.30. The number of Topliss-reactive ketones (excluding diaryl/α,β-unsaturated/α-hetero) is 1. The van der Waals surface area contributed by atoms with Crippen molar-refractivity contribution in [2.45, 2.75) is 90.2 Å². The summed E-state index contributed by atoms with van der Waals surface area (Å²) in [5, 5.41) is 18.4. The molecule has 1 aromatic rings. The molecule has 0 heterocycles. The van der Waals surface area contributed by atoms with Crippen molar-refractivity contribution >= 4 is 23.4 Å². The van der Waals surface area contributed by atoms with Crippen LogP contribution in [0, 0.1) is 28.6 Å². The SMILES string of the molecule is COC(=O)[C@H](Cc1ccccc1)NC(=O)CON=C1C=C2CC[C@@H]3[C@H](CC[C@@]4(C)[C@H]3CC[C@]4(O)C(C)=O)[C@@]2(C)CC1. The van der Waals surface area contributed by atoms with Crippen molar-refractivity contribution in [3.05, 3.63) is 47.5 Å². The summed E-state index contributed by atoms with van der Waals surface area (Å²) in [6, 6.07) is 8.65. The fourth-order valence-electron chi connectivity index (χ4n) is 8.83. The van der Waals surface area contributed by atoms with E-state index in [2.05, 4.69) is 30.4 Å². The monoisotopic (exact) mass is 564 g/mol. The number of carbonyl (C=O) groups excluding carboxylic acids is 3. The van der Waals surface area contributed by atoms with E-state index in [1.54, 1.807) is 6.92 Å². The smallest absolute Gasteiger partial charge is 0.328 e. The molecule has 0 saturated heterocycles. The molecule has 0 unspecified atom stereocenters. The molecular weight excluding hydrogens is 520 g/mol. The first-order valence-electron chi connectivity index (χ1n) is 15.1. The highest BCUT2D eigenvalue weighted by molar-refractivity contribution is 5.96. The van der Waals surface area contributed by atoms with Gasteiger partial charge in [0.05, 0.1) is 12.8 Å². The molecule has 41 heavy (non-hydrogen) atoms. The van der Waals surface area contributed by atoms with E-state index in [0.717, 1.165) is 56.2 Å². The maximum Gasteiger partial charge on any atom is 0.328 e. The Bertz CT molecular complexity index is 1240. The summed E-state index contributed by atoms with van der Waals surface area (Å²) < 4.78 is 4.87. The van der Waals surface area contributed by atoms with Crippen LogP contribution in [-0.4, -0.2) is 53.8 Å². The summed E-state index contributed by atoms with van der Waals surface area (Å²) in [5.41, 5.74) is 1.71. The predicted molar refractivity (Wildman–Crippen MR) is 155 cm³/mol. The Morgan fingerprint density at radius 2 is 1.78 bits per heavy atom. The van der Waals surface area contributed by atoms with Crippen molar-refractivity contribution in [2.24, 2.45) is 33.7 Å². The second-order valence-corrected chi connectivity index (χ2v) is 13.1. The second-order valence-electron chi connectivity index (χ2n) is 13.1. The number of benzene rings is 1. The van der Waals surface area contributed by atoms with Gasteiger partial charge in [-0.2, -0.15) is 0 Å². The highest BCUT2D eigenvalue weighted by Crippen LogP contribution is 2.67. The van der Waals surface area contributed by atoms with Crippen LogP contribution < -0.4 is 5.32 Å². The molecule has 0 spiro atoms. The number of hydrogen-bond acceptors (Lipinski definition) is 7. The van der Waals surface area contributed by atoms with Crippen LogP contribution in [0.1, 0.15) is 77.7 Å². The molecule has 3 fully saturated rings. The van der Waals surface area contributed by atoms with Crippen molar-refractivity contribution in [1.29, 1.82) is 0 Å². The minimum Gasteiger partial charge on any atom is -0.467 e. The summed E-state index contributed by atoms with van der Waals surface area (Å²) in [6.07, 6.45) is 9.68. The zero-order chi connectivity index (χ0) is 29.4. The zero-order valence-corrected chi connectivity index (χ0v) is 24.8. The minimum atomic E-state index is -1.19. The van der Waals surface area contributed by atoms with Crippen LogP contribution in [0.5, 0.6) is 0 Å². The Hall–Kier alpha value is -3.00. The summed E-state index contributed by atoms with van der Waals surface area (Å²) in [5.74, 6) is 0.409. The molecular formula is C33H44N2O6. The third-order valence-electron chi connectivity index (χ3n) is 11.2. The van der Waals surface area contributed by atoms with Gasteiger partial charge in [-0.1, -0.05) is 54.9 Å². The Kier molecular flexibility index (Phi) is 8.16. The number of carbonyl (C=O) groups is 3. The van der Waals surface area contributed by atoms with Crippen LogP contribution in [0.3, 0.4) is 0 Å². The molecule has 8 heteroatoms. The van der Waals surface area contributed by atoms with Gasteiger partial charge in [-0.25, -0.2) is 4.79 Å². The lowest BCUT2D eigenvalue weighted by molar-refractivity contribution is -0.159. The molecule has 2 N–H and O–H groups in total. The van der Waals surface area contributed by atoms with Crippen LogP contribution in [-0.2, 0) is 30.4 Å². The average molecular weight is 565 g/mol. The molecule has 4 aliphatic rings. The van der Waals surface area contributed by atoms with Gasteiger partial charge in [0.25, 0.3) is 5.91 Å². The van der Waals surface area contributed by atoms with E-state index in [0.29, 0.717) is 30.6 Å². The lowest BCUT2D eigenvalue weighted by Gasteiger charge is -2.59. The topological polar surface area (TPSA) is 114 Å². The zero-order valence-electron chi connectivity index (χ0n) is 24.8. The quantitative estimate of drug-likeness (QED) is 0.354. The third-order valence-corrected chi connectivity index (χ3v) is 11.2. The van der Waals surface area contributed by atoms with Crippen molar-refractivity contribution in [3.63, 3.8) is 0 Å². The second kappa shape index (κ2) is 11.3. The summed E-state index contributed by atoms with van der Waals surface area (Å²) in [4.78, 5) is 42.8. The largest absolute Gasteiger partial charge is 0.467 e. The van der Waals surface area contributed by atoms with E-state index >= 15 is 0 Å². The van der Waals surface area contributed by atoms with Gasteiger partial charge in [0.1, 0.15) is 11.6 Å². The van der Waals surface area contributed by atoms with Gasteiger partial charge in [0.2, 0.25) is 0 Å². The van der Waals surface area contributed by atoms with Crippen molar-refractivity contribution < 1.29 is 29.1 Å². The number of fused-ring (bicyclic) bond motifs is 5. The molecule has 5 rings (SSSR count). The van der Waals surface area contributed by atoms with Gasteiger partial charge in [-0.15, -0.1) is 0 Å². The van der Waals surface area contributed by atoms with Crippen LogP contribution in [0.25, 0.3) is 0 Å². The van der Waals surface area contributed by atoms with Gasteiger partial charge in [0, 0.05) is 11.8 Å². The number of ether oxygens (including phenoxy) is 1. The van der Waals surface area contributed by atoms with Gasteiger partial charge in [0.15, 0.2) is 12.4 Å². The number of rotatable bonds is 8. The highest BCUT2D eigenvalue weighted by atomic mass is 16.6. The number of aliphatic hydroxyl groups is 1. The van der Waals surface area contributed by atoms with E-state index in [9.17, 15) is 19.5 Å². The Balaban J connectivity index is 1.20. The van der Waals surface area contributed by atoms with Crippen molar-refractivity contribution in [1.82, 2.24) is 5.32 Å². The molecule has 0 bridgehead atoms. The summed E-state index contributed by atoms with van der Waals surface area (Å²) in [6.45, 7) is 5.81. The number of allylic oxidation sites excluding steroid dienone is 2. The van der Waals surface area contributed by atoms with E-state index < -0.39 is 23.5 Å². The maximum atomic E-state index is 12.6. The van der Waals surface area contributed by atoms with Crippen LogP contribution in [0.4, 0.5) is 0 Å². The number of nitrogens with one attached hydrogen (secondary N) is 1. The predicted octanol–water partition coefficient (Wildman–Crippen LogP) is 4.54. The number of nitrogens with zero attached hydrogens (tertiary/aromatic N) is 1. The van der Waals surface area contributed by atoms with Gasteiger partial charge < -0.3 is 20.0 Å². The molecule has 7 atom stereocenters. The molecule has 0 radical (unpaired) electrons. The fourth-order valence-corrected chi connectivity index (χ4v) is 8.83. The molecule has 4 aliphatic carbocycles. The first-order valence-corrected chi connectivity index (χ1v) is 15.1. The molecule has 0 aliphatic heterocycles. The number of esters is 1. The number of methoxy groups -OCH3 is 1. The van der Waals surface area contributed by atoms with Gasteiger partial charge in [-0.05, 0) is 93.1 Å². The normalized spacial score (nSPS) is 35.8. The Labute approximate surface area is 242 Å². The number of hydrogen-bond donors (Lipinski definition) is 2. The third kappa shape index (κ3) is 5.24. The van der Waals surface area contributed by atoms with E-state index in [1.807, 2.05) is 30.3 Å². The number of amides is 1. The van der Waals surface area contributed by atoms with Gasteiger partial charge in [-0.3, -0.25) is 9.59 Å². The van der Waals surface area contributed by atoms with Crippen LogP contribution in [0.15, 0.2) is 47.1 Å². The maximum absolute atomic E-state index is 12.6. The minimum absolute atomic E-state index is 0.0722. The van der Waals surface area contributed by atoms with E-state index in [-0.39, 0.29) is 23.2 Å². The van der Waals surface area contributed by atoms with Crippen molar-refractivity contribution in [3.8, 4) is 0 Å². The highest BCUT2D eigenvalue weighted by Gasteiger charge is 2.65. The molecule has 0 aromatic heterocycles. The van der Waals surface area contributed by atoms with Crippen molar-refractivity contribution in [2.75, 3.05) is 13.7 Å². The lowest BCUT2D eigenvalue weighted by Crippen LogP contribution is -2.57. The Morgan fingerprint density at radius 1 is 1.05 bits per heavy atom. The first-order chi connectivity index (χ1) is 19.5. The number of ketones is 1. The van der Waals surface area contributed by atoms with Gasteiger partial charge >= 0.3 is 5.97 Å². The summed E-state index contributed by atoms with van der Waals surface area (Å²) >= 11 is 0. The first kappa shape index (κ1) is 29.5. The standard InChI is InChI=1S/C33H44N2O6/c1-21(36)33(39)17-14-27-25-11-10-23-19-24(12-15-31(23,2)26(25)13-16-32(27,33)3)35-41-20-29(37)34-28(30(38)40-4)18-22-8-6-5-7-9-22/h5-9,19,25-28,39H,10-18,20H2,1-4H3,(H,34,37)/t25-,26+,27+,28+,31+,32+,33+/m1/s1. The molecule has 8 nitrogen and oxygen atoms in total. The van der Waals surface area contributed by atoms with E-state index in [1.165, 1.54) is 12.7 Å². The molecule has 1 aromatic carbocycles. The average Bonchev–Trinajstić information content (AvgIpc) is 3.24. The fraction of sp³-hybridized carbons (Fsp3) is 0.636. The molecule has 222 valence electrons. The molecule has 1 amide bonds. The molecule has 3 saturated carbocycles. The lowest BCUT2D eigenvalue weighted by atomic mass is 9.46.